The van der Waals surface area contributed by atoms with E-state index in [0.717, 1.165) is 12.2 Å². The van der Waals surface area contributed by atoms with Gasteiger partial charge in [0.15, 0.2) is 11.3 Å². The fraction of sp³-hybridized carbons (Fsp3) is 0.250. The van der Waals surface area contributed by atoms with Crippen molar-refractivity contribution >= 4 is 17.1 Å². The largest absolute Gasteiger partial charge is 0.395 e. The summed E-state index contributed by atoms with van der Waals surface area (Å²) in [6, 6.07) is 12.0. The average Bonchev–Trinajstić information content (AvgIpc) is 2.59. The molecule has 116 valence electrons. The standard InChI is InChI=1S/C16H16N6O/c1-2-22(7-8-23)14-5-3-13(4-6-14)21-15(11-19)16(20)12(9-17)10-18/h3-6,23H,2,7-8,20H2,1H3. The number of anilines is 1. The first-order valence-electron chi connectivity index (χ1n) is 6.86. The molecule has 0 aliphatic rings. The summed E-state index contributed by atoms with van der Waals surface area (Å²) in [6.45, 7) is 3.30. The number of allylic oxidation sites excluding steroid dienone is 2. The van der Waals surface area contributed by atoms with Crippen LogP contribution in [-0.4, -0.2) is 30.5 Å². The number of hydrogen-bond donors (Lipinski definition) is 2. The lowest BCUT2D eigenvalue weighted by Crippen LogP contribution is -2.25. The van der Waals surface area contributed by atoms with Crippen LogP contribution in [0, 0.1) is 34.0 Å². The predicted molar refractivity (Wildman–Crippen MR) is 86.6 cm³/mol. The zero-order valence-corrected chi connectivity index (χ0v) is 12.7. The number of aliphatic imine (C=N–C) groups is 1. The Labute approximate surface area is 134 Å². The topological polar surface area (TPSA) is 133 Å². The van der Waals surface area contributed by atoms with E-state index in [2.05, 4.69) is 4.99 Å². The fourth-order valence-electron chi connectivity index (χ4n) is 1.87. The van der Waals surface area contributed by atoms with E-state index in [9.17, 15) is 0 Å². The summed E-state index contributed by atoms with van der Waals surface area (Å²) in [5.74, 6) is 0. The summed E-state index contributed by atoms with van der Waals surface area (Å²) < 4.78 is 0. The summed E-state index contributed by atoms with van der Waals surface area (Å²) in [4.78, 5) is 6.05. The summed E-state index contributed by atoms with van der Waals surface area (Å²) in [6.07, 6.45) is 0. The Morgan fingerprint density at radius 1 is 1.17 bits per heavy atom. The number of hydrogen-bond acceptors (Lipinski definition) is 7. The van der Waals surface area contributed by atoms with Crippen molar-refractivity contribution in [3.05, 3.63) is 35.5 Å². The van der Waals surface area contributed by atoms with Crippen LogP contribution in [0.15, 0.2) is 40.5 Å². The van der Waals surface area contributed by atoms with Crippen LogP contribution >= 0.6 is 0 Å². The van der Waals surface area contributed by atoms with Crippen LogP contribution < -0.4 is 10.6 Å². The van der Waals surface area contributed by atoms with Crippen LogP contribution in [0.3, 0.4) is 0 Å². The molecule has 1 aromatic carbocycles. The van der Waals surface area contributed by atoms with E-state index in [1.807, 2.05) is 24.0 Å². The van der Waals surface area contributed by atoms with Crippen molar-refractivity contribution in [2.45, 2.75) is 6.92 Å². The SMILES string of the molecule is CCN(CCO)c1ccc(N=C(C#N)C(N)=C(C#N)C#N)cc1. The van der Waals surface area contributed by atoms with Crippen molar-refractivity contribution in [2.24, 2.45) is 10.7 Å². The zero-order valence-electron chi connectivity index (χ0n) is 12.7. The van der Waals surface area contributed by atoms with Crippen LogP contribution in [0.4, 0.5) is 11.4 Å². The first-order valence-corrected chi connectivity index (χ1v) is 6.86. The molecule has 7 heteroatoms. The van der Waals surface area contributed by atoms with Gasteiger partial charge in [0, 0.05) is 18.8 Å². The lowest BCUT2D eigenvalue weighted by atomic mass is 10.2. The summed E-state index contributed by atoms with van der Waals surface area (Å²) >= 11 is 0. The number of nitriles is 3. The second-order valence-corrected chi connectivity index (χ2v) is 4.40. The summed E-state index contributed by atoms with van der Waals surface area (Å²) in [5.41, 5.74) is 6.25. The van der Waals surface area contributed by atoms with Crippen LogP contribution in [0.2, 0.25) is 0 Å². The molecule has 0 fully saturated rings. The predicted octanol–water partition coefficient (Wildman–Crippen LogP) is 1.36. The lowest BCUT2D eigenvalue weighted by molar-refractivity contribution is 0.302. The Hall–Kier alpha value is -3.34. The number of aliphatic hydroxyl groups excluding tert-OH is 1. The summed E-state index contributed by atoms with van der Waals surface area (Å²) in [5, 5.41) is 35.7. The maximum absolute atomic E-state index is 9.10. The minimum absolute atomic E-state index is 0.0543. The fourth-order valence-corrected chi connectivity index (χ4v) is 1.87. The highest BCUT2D eigenvalue weighted by atomic mass is 16.3. The molecular weight excluding hydrogens is 292 g/mol. The van der Waals surface area contributed by atoms with Gasteiger partial charge in [-0.25, -0.2) is 4.99 Å². The highest BCUT2D eigenvalue weighted by Gasteiger charge is 2.10. The minimum Gasteiger partial charge on any atom is -0.395 e. The van der Waals surface area contributed by atoms with E-state index in [0.29, 0.717) is 12.2 Å². The van der Waals surface area contributed by atoms with Gasteiger partial charge in [0.25, 0.3) is 0 Å². The summed E-state index contributed by atoms with van der Waals surface area (Å²) in [7, 11) is 0. The number of rotatable bonds is 6. The Bertz CT molecular complexity index is 712. The normalized spacial score (nSPS) is 10.1. The Morgan fingerprint density at radius 3 is 2.22 bits per heavy atom. The molecule has 0 atom stereocenters. The van der Waals surface area contributed by atoms with Gasteiger partial charge in [-0.3, -0.25) is 0 Å². The molecular formula is C16H16N6O. The molecule has 7 nitrogen and oxygen atoms in total. The maximum atomic E-state index is 9.10. The van der Waals surface area contributed by atoms with E-state index >= 15 is 0 Å². The molecule has 0 aliphatic carbocycles. The van der Waals surface area contributed by atoms with Gasteiger partial charge in [0.05, 0.1) is 18.0 Å². The van der Waals surface area contributed by atoms with Crippen molar-refractivity contribution in [2.75, 3.05) is 24.6 Å². The molecule has 0 saturated carbocycles. The Kier molecular flexibility index (Phi) is 6.81. The number of likely N-dealkylation sites (N-methyl/N-ethyl adjacent to an activating group) is 1. The van der Waals surface area contributed by atoms with E-state index in [4.69, 9.17) is 26.6 Å². The second kappa shape index (κ2) is 8.84. The van der Waals surface area contributed by atoms with Gasteiger partial charge in [-0.1, -0.05) is 0 Å². The van der Waals surface area contributed by atoms with Gasteiger partial charge < -0.3 is 15.7 Å². The van der Waals surface area contributed by atoms with E-state index in [1.165, 1.54) is 0 Å². The van der Waals surface area contributed by atoms with Crippen LogP contribution in [0.5, 0.6) is 0 Å². The third-order valence-electron chi connectivity index (χ3n) is 3.06. The smallest absolute Gasteiger partial charge is 0.166 e. The minimum atomic E-state index is -0.345. The van der Waals surface area contributed by atoms with E-state index in [1.54, 1.807) is 30.3 Å². The molecule has 0 amide bonds. The van der Waals surface area contributed by atoms with Crippen molar-refractivity contribution in [1.82, 2.24) is 0 Å². The molecule has 0 spiro atoms. The number of benzene rings is 1. The molecule has 23 heavy (non-hydrogen) atoms. The van der Waals surface area contributed by atoms with Crippen molar-refractivity contribution in [1.29, 1.82) is 15.8 Å². The molecule has 0 aliphatic heterocycles. The third kappa shape index (κ3) is 4.57. The quantitative estimate of drug-likeness (QED) is 0.602. The number of nitrogens with two attached hydrogens (primary N) is 1. The molecule has 3 N–H and O–H groups in total. The van der Waals surface area contributed by atoms with Crippen molar-refractivity contribution in [3.8, 4) is 18.2 Å². The third-order valence-corrected chi connectivity index (χ3v) is 3.06. The highest BCUT2D eigenvalue weighted by Crippen LogP contribution is 2.20. The van der Waals surface area contributed by atoms with Gasteiger partial charge in [0.2, 0.25) is 0 Å². The van der Waals surface area contributed by atoms with Gasteiger partial charge in [-0.2, -0.15) is 15.8 Å². The van der Waals surface area contributed by atoms with Crippen LogP contribution in [0.25, 0.3) is 0 Å². The number of nitrogens with zero attached hydrogens (tertiary/aromatic N) is 5. The Balaban J connectivity index is 3.14. The van der Waals surface area contributed by atoms with Gasteiger partial charge in [0.1, 0.15) is 18.2 Å². The molecule has 0 radical (unpaired) electrons. The Morgan fingerprint density at radius 2 is 1.78 bits per heavy atom. The highest BCUT2D eigenvalue weighted by molar-refractivity contribution is 6.13. The van der Waals surface area contributed by atoms with Crippen molar-refractivity contribution in [3.63, 3.8) is 0 Å². The first kappa shape index (κ1) is 17.7. The molecule has 0 bridgehead atoms. The van der Waals surface area contributed by atoms with Gasteiger partial charge in [-0.15, -0.1) is 0 Å². The first-order chi connectivity index (χ1) is 11.1. The van der Waals surface area contributed by atoms with Crippen LogP contribution in [0.1, 0.15) is 6.92 Å². The average molecular weight is 308 g/mol. The monoisotopic (exact) mass is 308 g/mol. The van der Waals surface area contributed by atoms with E-state index in [-0.39, 0.29) is 23.6 Å². The molecule has 0 aromatic heterocycles. The molecule has 0 unspecified atom stereocenters. The lowest BCUT2D eigenvalue weighted by Gasteiger charge is -2.21. The zero-order chi connectivity index (χ0) is 17.2. The maximum Gasteiger partial charge on any atom is 0.166 e. The van der Waals surface area contributed by atoms with Gasteiger partial charge in [-0.05, 0) is 31.2 Å². The number of aliphatic hydroxyl groups is 1. The molecule has 0 heterocycles. The van der Waals surface area contributed by atoms with Gasteiger partial charge >= 0.3 is 0 Å². The molecule has 1 rings (SSSR count). The van der Waals surface area contributed by atoms with Crippen molar-refractivity contribution < 1.29 is 5.11 Å². The van der Waals surface area contributed by atoms with E-state index < -0.39 is 0 Å². The second-order valence-electron chi connectivity index (χ2n) is 4.40. The molecule has 0 saturated heterocycles. The molecule has 1 aromatic rings. The van der Waals surface area contributed by atoms with Crippen LogP contribution in [-0.2, 0) is 0 Å².